The van der Waals surface area contributed by atoms with Gasteiger partial charge in [-0.25, -0.2) is 4.98 Å². The van der Waals surface area contributed by atoms with Gasteiger partial charge in [0.25, 0.3) is 0 Å². The normalized spacial score (nSPS) is 21.7. The molecule has 1 aromatic heterocycles. The Kier molecular flexibility index (Phi) is 5.80. The number of anilines is 1. The van der Waals surface area contributed by atoms with Gasteiger partial charge in [0, 0.05) is 13.3 Å². The molecule has 2 heterocycles. The molecule has 1 aromatic rings. The SMILES string of the molecule is COC1CC(=O)NC(SCC(=O)Nc2ccc(Cl)cn2)N1. The molecule has 0 aromatic carbocycles. The first-order valence-electron chi connectivity index (χ1n) is 6.18. The van der Waals surface area contributed by atoms with E-state index in [0.717, 1.165) is 0 Å². The number of carbonyl (C=O) groups excluding carboxylic acids is 2. The summed E-state index contributed by atoms with van der Waals surface area (Å²) in [5.74, 6) is 0.266. The first-order chi connectivity index (χ1) is 10.1. The highest BCUT2D eigenvalue weighted by Gasteiger charge is 2.26. The molecule has 1 aliphatic heterocycles. The van der Waals surface area contributed by atoms with Crippen molar-refractivity contribution in [2.75, 3.05) is 18.2 Å². The number of hydrogen-bond donors (Lipinski definition) is 3. The maximum atomic E-state index is 11.8. The monoisotopic (exact) mass is 330 g/mol. The second kappa shape index (κ2) is 7.60. The Morgan fingerprint density at radius 1 is 1.62 bits per heavy atom. The van der Waals surface area contributed by atoms with Crippen molar-refractivity contribution in [3.63, 3.8) is 0 Å². The van der Waals surface area contributed by atoms with Crippen molar-refractivity contribution in [3.05, 3.63) is 23.4 Å². The lowest BCUT2D eigenvalue weighted by Crippen LogP contribution is -2.55. The Labute approximate surface area is 131 Å². The van der Waals surface area contributed by atoms with Crippen LogP contribution in [0, 0.1) is 0 Å². The van der Waals surface area contributed by atoms with Crippen molar-refractivity contribution in [2.24, 2.45) is 0 Å². The number of amides is 2. The highest BCUT2D eigenvalue weighted by atomic mass is 35.5. The van der Waals surface area contributed by atoms with Crippen molar-refractivity contribution in [1.29, 1.82) is 0 Å². The van der Waals surface area contributed by atoms with Crippen LogP contribution in [-0.2, 0) is 14.3 Å². The van der Waals surface area contributed by atoms with Gasteiger partial charge in [-0.05, 0) is 12.1 Å². The number of pyridine rings is 1. The second-order valence-electron chi connectivity index (χ2n) is 4.26. The minimum atomic E-state index is -0.361. The van der Waals surface area contributed by atoms with Crippen molar-refractivity contribution in [1.82, 2.24) is 15.6 Å². The van der Waals surface area contributed by atoms with Gasteiger partial charge in [0.1, 0.15) is 17.5 Å². The van der Waals surface area contributed by atoms with Crippen molar-refractivity contribution < 1.29 is 14.3 Å². The molecule has 2 amide bonds. The molecular formula is C12H15ClN4O3S. The lowest BCUT2D eigenvalue weighted by molar-refractivity contribution is -0.127. The predicted molar refractivity (Wildman–Crippen MR) is 80.8 cm³/mol. The summed E-state index contributed by atoms with van der Waals surface area (Å²) in [5, 5.41) is 8.93. The highest BCUT2D eigenvalue weighted by Crippen LogP contribution is 2.14. The van der Waals surface area contributed by atoms with Gasteiger partial charge in [-0.3, -0.25) is 14.9 Å². The highest BCUT2D eigenvalue weighted by molar-refractivity contribution is 8.00. The van der Waals surface area contributed by atoms with E-state index in [4.69, 9.17) is 16.3 Å². The minimum absolute atomic E-state index is 0.113. The number of carbonyl (C=O) groups is 2. The Morgan fingerprint density at radius 2 is 2.43 bits per heavy atom. The Hall–Kier alpha value is -1.35. The van der Waals surface area contributed by atoms with Crippen LogP contribution < -0.4 is 16.0 Å². The molecule has 21 heavy (non-hydrogen) atoms. The van der Waals surface area contributed by atoms with Gasteiger partial charge in [0.05, 0.1) is 17.2 Å². The lowest BCUT2D eigenvalue weighted by Gasteiger charge is -2.29. The topological polar surface area (TPSA) is 92.3 Å². The van der Waals surface area contributed by atoms with Crippen LogP contribution in [-0.4, -0.2) is 41.4 Å². The third kappa shape index (κ3) is 5.16. The van der Waals surface area contributed by atoms with E-state index in [0.29, 0.717) is 10.8 Å². The van der Waals surface area contributed by atoms with E-state index in [2.05, 4.69) is 20.9 Å². The van der Waals surface area contributed by atoms with Crippen LogP contribution >= 0.6 is 23.4 Å². The van der Waals surface area contributed by atoms with E-state index in [1.165, 1.54) is 25.1 Å². The molecule has 9 heteroatoms. The fraction of sp³-hybridized carbons (Fsp3) is 0.417. The average Bonchev–Trinajstić information content (AvgIpc) is 2.47. The summed E-state index contributed by atoms with van der Waals surface area (Å²) in [6.45, 7) is 0. The zero-order chi connectivity index (χ0) is 15.2. The molecular weight excluding hydrogens is 316 g/mol. The van der Waals surface area contributed by atoms with Gasteiger partial charge in [-0.15, -0.1) is 11.8 Å². The van der Waals surface area contributed by atoms with Crippen LogP contribution in [0.15, 0.2) is 18.3 Å². The molecule has 0 spiro atoms. The van der Waals surface area contributed by atoms with Gasteiger partial charge in [0.15, 0.2) is 0 Å². The van der Waals surface area contributed by atoms with Crippen molar-refractivity contribution in [3.8, 4) is 0 Å². The van der Waals surface area contributed by atoms with Crippen molar-refractivity contribution >= 4 is 41.0 Å². The Bertz CT molecular complexity index is 514. The smallest absolute Gasteiger partial charge is 0.235 e. The molecule has 7 nitrogen and oxygen atoms in total. The molecule has 3 N–H and O–H groups in total. The van der Waals surface area contributed by atoms with E-state index in [9.17, 15) is 9.59 Å². The summed E-state index contributed by atoms with van der Waals surface area (Å²) in [5.41, 5.74) is -0.361. The van der Waals surface area contributed by atoms with Crippen LogP contribution in [0.25, 0.3) is 0 Å². The molecule has 0 radical (unpaired) electrons. The molecule has 2 atom stereocenters. The summed E-state index contributed by atoms with van der Waals surface area (Å²) in [6.07, 6.45) is 1.38. The molecule has 0 saturated carbocycles. The fourth-order valence-electron chi connectivity index (χ4n) is 1.67. The van der Waals surface area contributed by atoms with E-state index in [-0.39, 0.29) is 35.7 Å². The predicted octanol–water partition coefficient (Wildman–Crippen LogP) is 0.772. The average molecular weight is 331 g/mol. The van der Waals surface area contributed by atoms with Crippen molar-refractivity contribution in [2.45, 2.75) is 18.1 Å². The Balaban J connectivity index is 1.78. The zero-order valence-electron chi connectivity index (χ0n) is 11.3. The standard InChI is InChI=1S/C12H15ClN4O3S/c1-20-11-4-9(18)16-12(17-11)21-6-10(19)15-8-3-2-7(13)5-14-8/h2-3,5,11-12,17H,4,6H2,1H3,(H,16,18)(H,14,15,19). The molecule has 1 fully saturated rings. The van der Waals surface area contributed by atoms with E-state index >= 15 is 0 Å². The molecule has 2 unspecified atom stereocenters. The van der Waals surface area contributed by atoms with Crippen LogP contribution in [0.3, 0.4) is 0 Å². The number of hydrogen-bond acceptors (Lipinski definition) is 6. The summed E-state index contributed by atoms with van der Waals surface area (Å²) in [6, 6.07) is 3.26. The number of aromatic nitrogens is 1. The Morgan fingerprint density at radius 3 is 3.10 bits per heavy atom. The summed E-state index contributed by atoms with van der Waals surface area (Å²) >= 11 is 6.97. The maximum absolute atomic E-state index is 11.8. The van der Waals surface area contributed by atoms with Gasteiger partial charge in [0.2, 0.25) is 11.8 Å². The maximum Gasteiger partial charge on any atom is 0.235 e. The third-order valence-electron chi connectivity index (χ3n) is 2.66. The lowest BCUT2D eigenvalue weighted by atomic mass is 10.3. The molecule has 114 valence electrons. The van der Waals surface area contributed by atoms with Gasteiger partial charge >= 0.3 is 0 Å². The molecule has 0 bridgehead atoms. The van der Waals surface area contributed by atoms with Gasteiger partial charge < -0.3 is 15.4 Å². The van der Waals surface area contributed by atoms with Gasteiger partial charge in [-0.1, -0.05) is 11.6 Å². The number of thioether (sulfide) groups is 1. The molecule has 2 rings (SSSR count). The summed E-state index contributed by atoms with van der Waals surface area (Å²) in [4.78, 5) is 27.2. The molecule has 1 aliphatic rings. The summed E-state index contributed by atoms with van der Waals surface area (Å²) in [7, 11) is 1.52. The second-order valence-corrected chi connectivity index (χ2v) is 5.79. The van der Waals surface area contributed by atoms with E-state index < -0.39 is 0 Å². The molecule has 0 aliphatic carbocycles. The number of halogens is 1. The zero-order valence-corrected chi connectivity index (χ0v) is 12.8. The first-order valence-corrected chi connectivity index (χ1v) is 7.60. The van der Waals surface area contributed by atoms with Crippen LogP contribution in [0.1, 0.15) is 6.42 Å². The third-order valence-corrected chi connectivity index (χ3v) is 3.90. The quantitative estimate of drug-likeness (QED) is 0.738. The van der Waals surface area contributed by atoms with Crippen LogP contribution in [0.2, 0.25) is 5.02 Å². The van der Waals surface area contributed by atoms with Gasteiger partial charge in [-0.2, -0.15) is 0 Å². The number of ether oxygens (including phenoxy) is 1. The largest absolute Gasteiger partial charge is 0.366 e. The molecule has 1 saturated heterocycles. The fourth-order valence-corrected chi connectivity index (χ4v) is 2.64. The number of rotatable bonds is 5. The number of methoxy groups -OCH3 is 1. The number of nitrogens with one attached hydrogen (secondary N) is 3. The van der Waals surface area contributed by atoms with E-state index in [1.54, 1.807) is 12.1 Å². The van der Waals surface area contributed by atoms with Crippen LogP contribution in [0.5, 0.6) is 0 Å². The summed E-state index contributed by atoms with van der Waals surface area (Å²) < 4.78 is 5.10. The van der Waals surface area contributed by atoms with E-state index in [1.807, 2.05) is 0 Å². The minimum Gasteiger partial charge on any atom is -0.366 e. The first kappa shape index (κ1) is 16.0. The van der Waals surface area contributed by atoms with Crippen LogP contribution in [0.4, 0.5) is 5.82 Å². The number of nitrogens with zero attached hydrogens (tertiary/aromatic N) is 1.